The first-order chi connectivity index (χ1) is 14.7. The zero-order chi connectivity index (χ0) is 20.9. The first-order valence-corrected chi connectivity index (χ1v) is 10.0. The van der Waals surface area contributed by atoms with Crippen LogP contribution in [-0.4, -0.2) is 64.3 Å². The predicted octanol–water partition coefficient (Wildman–Crippen LogP) is 1.55. The van der Waals surface area contributed by atoms with Crippen molar-refractivity contribution < 1.29 is 19.1 Å². The van der Waals surface area contributed by atoms with E-state index in [-0.39, 0.29) is 16.3 Å². The summed E-state index contributed by atoms with van der Waals surface area (Å²) in [7, 11) is 1.59. The van der Waals surface area contributed by atoms with Crippen molar-refractivity contribution in [3.8, 4) is 11.4 Å². The summed E-state index contributed by atoms with van der Waals surface area (Å²) in [5.74, 6) is -0.0543. The summed E-state index contributed by atoms with van der Waals surface area (Å²) in [6.45, 7) is 1.87. The third-order valence-corrected chi connectivity index (χ3v) is 5.40. The third-order valence-electron chi connectivity index (χ3n) is 4.47. The van der Waals surface area contributed by atoms with Gasteiger partial charge in [-0.2, -0.15) is 9.06 Å². The SMILES string of the molecule is COc1ccc(-n2nc(C(=O)N3CCOCC3)c(=NC(=O)c3cccnc3)s2)cc1. The van der Waals surface area contributed by atoms with Crippen LogP contribution in [0.25, 0.3) is 5.69 Å². The second kappa shape index (κ2) is 8.97. The number of morpholine rings is 1. The molecule has 0 bridgehead atoms. The van der Waals surface area contributed by atoms with E-state index >= 15 is 0 Å². The predicted molar refractivity (Wildman–Crippen MR) is 109 cm³/mol. The molecule has 0 radical (unpaired) electrons. The maximum atomic E-state index is 13.1. The van der Waals surface area contributed by atoms with Crippen molar-refractivity contribution in [1.82, 2.24) is 19.1 Å². The van der Waals surface area contributed by atoms with E-state index < -0.39 is 5.91 Å². The molecule has 2 aromatic heterocycles. The second-order valence-electron chi connectivity index (χ2n) is 6.38. The highest BCUT2D eigenvalue weighted by Crippen LogP contribution is 2.16. The van der Waals surface area contributed by atoms with Crippen molar-refractivity contribution in [1.29, 1.82) is 0 Å². The molecule has 3 aromatic rings. The van der Waals surface area contributed by atoms with E-state index in [1.54, 1.807) is 46.5 Å². The van der Waals surface area contributed by atoms with Gasteiger partial charge in [-0.05, 0) is 47.9 Å². The standard InChI is InChI=1S/C20H19N5O4S/c1-28-16-6-4-15(5-7-16)25-23-17(20(27)24-9-11-29-12-10-24)19(30-25)22-18(26)14-3-2-8-21-13-14/h2-8,13H,9-12H2,1H3. The lowest BCUT2D eigenvalue weighted by Gasteiger charge is -2.25. The van der Waals surface area contributed by atoms with Crippen molar-refractivity contribution in [3.63, 3.8) is 0 Å². The van der Waals surface area contributed by atoms with Gasteiger partial charge in [0.05, 0.1) is 31.6 Å². The van der Waals surface area contributed by atoms with Crippen LogP contribution in [0.1, 0.15) is 20.8 Å². The molecule has 0 unspecified atom stereocenters. The Labute approximate surface area is 176 Å². The zero-order valence-electron chi connectivity index (χ0n) is 16.2. The fourth-order valence-corrected chi connectivity index (χ4v) is 3.72. The number of aromatic nitrogens is 3. The first-order valence-electron chi connectivity index (χ1n) is 9.27. The van der Waals surface area contributed by atoms with Crippen LogP contribution in [-0.2, 0) is 4.74 Å². The number of ether oxygens (including phenoxy) is 2. The number of nitrogens with zero attached hydrogens (tertiary/aromatic N) is 5. The van der Waals surface area contributed by atoms with Crippen LogP contribution in [0.2, 0.25) is 0 Å². The van der Waals surface area contributed by atoms with E-state index in [2.05, 4.69) is 15.1 Å². The molecule has 0 saturated carbocycles. The lowest BCUT2D eigenvalue weighted by Crippen LogP contribution is -2.42. The van der Waals surface area contributed by atoms with E-state index in [1.165, 1.54) is 6.20 Å². The Morgan fingerprint density at radius 3 is 2.60 bits per heavy atom. The zero-order valence-corrected chi connectivity index (χ0v) is 17.0. The molecule has 2 amide bonds. The Hall–Kier alpha value is -3.37. The minimum atomic E-state index is -0.482. The van der Waals surface area contributed by atoms with Crippen LogP contribution in [0.15, 0.2) is 53.8 Å². The molecule has 0 N–H and O–H groups in total. The topological polar surface area (TPSA) is 98.9 Å². The first kappa shape index (κ1) is 19.9. The summed E-state index contributed by atoms with van der Waals surface area (Å²) in [6, 6.07) is 10.5. The number of pyridine rings is 1. The number of hydrogen-bond donors (Lipinski definition) is 0. The second-order valence-corrected chi connectivity index (χ2v) is 7.29. The van der Waals surface area contributed by atoms with E-state index in [0.29, 0.717) is 37.6 Å². The number of hydrogen-bond acceptors (Lipinski definition) is 7. The van der Waals surface area contributed by atoms with Crippen molar-refractivity contribution in [2.24, 2.45) is 4.99 Å². The molecule has 154 valence electrons. The Morgan fingerprint density at radius 2 is 1.93 bits per heavy atom. The van der Waals surface area contributed by atoms with E-state index in [9.17, 15) is 9.59 Å². The minimum Gasteiger partial charge on any atom is -0.497 e. The van der Waals surface area contributed by atoms with Gasteiger partial charge >= 0.3 is 0 Å². The van der Waals surface area contributed by atoms with Crippen LogP contribution in [0, 0.1) is 0 Å². The van der Waals surface area contributed by atoms with Gasteiger partial charge in [0.1, 0.15) is 5.75 Å². The monoisotopic (exact) mass is 425 g/mol. The number of rotatable bonds is 4. The Morgan fingerprint density at radius 1 is 1.17 bits per heavy atom. The van der Waals surface area contributed by atoms with Gasteiger partial charge in [0, 0.05) is 25.5 Å². The molecule has 4 rings (SSSR count). The number of carbonyl (C=O) groups excluding carboxylic acids is 2. The van der Waals surface area contributed by atoms with Crippen LogP contribution < -0.4 is 9.41 Å². The van der Waals surface area contributed by atoms with Crippen LogP contribution in [0.3, 0.4) is 0 Å². The van der Waals surface area contributed by atoms with Crippen LogP contribution >= 0.6 is 11.5 Å². The average molecular weight is 425 g/mol. The van der Waals surface area contributed by atoms with E-state index in [4.69, 9.17) is 9.47 Å². The summed E-state index contributed by atoms with van der Waals surface area (Å²) >= 11 is 1.12. The summed E-state index contributed by atoms with van der Waals surface area (Å²) in [5, 5.41) is 4.46. The van der Waals surface area contributed by atoms with Gasteiger partial charge in [0.15, 0.2) is 10.4 Å². The smallest absolute Gasteiger partial charge is 0.280 e. The van der Waals surface area contributed by atoms with Crippen molar-refractivity contribution in [3.05, 3.63) is 64.7 Å². The molecule has 10 heteroatoms. The molecular formula is C20H19N5O4S. The highest BCUT2D eigenvalue weighted by molar-refractivity contribution is 7.04. The largest absolute Gasteiger partial charge is 0.497 e. The average Bonchev–Trinajstić information content (AvgIpc) is 3.23. The molecule has 0 atom stereocenters. The van der Waals surface area contributed by atoms with Crippen molar-refractivity contribution in [2.75, 3.05) is 33.4 Å². The maximum absolute atomic E-state index is 13.1. The van der Waals surface area contributed by atoms with Gasteiger partial charge in [0.2, 0.25) is 0 Å². The number of amides is 2. The molecular weight excluding hydrogens is 406 g/mol. The number of benzene rings is 1. The highest BCUT2D eigenvalue weighted by Gasteiger charge is 2.24. The van der Waals surface area contributed by atoms with Crippen LogP contribution in [0.4, 0.5) is 0 Å². The van der Waals surface area contributed by atoms with Crippen molar-refractivity contribution in [2.45, 2.75) is 0 Å². The molecule has 3 heterocycles. The van der Waals surface area contributed by atoms with Gasteiger partial charge in [0.25, 0.3) is 11.8 Å². The lowest BCUT2D eigenvalue weighted by molar-refractivity contribution is 0.0297. The lowest BCUT2D eigenvalue weighted by atomic mass is 10.3. The Bertz CT molecular complexity index is 1100. The number of carbonyl (C=O) groups is 2. The molecule has 1 saturated heterocycles. The molecule has 9 nitrogen and oxygen atoms in total. The molecule has 1 fully saturated rings. The molecule has 30 heavy (non-hydrogen) atoms. The molecule has 1 aliphatic rings. The quantitative estimate of drug-likeness (QED) is 0.629. The molecule has 1 aromatic carbocycles. The summed E-state index contributed by atoms with van der Waals surface area (Å²) < 4.78 is 12.3. The fraction of sp³-hybridized carbons (Fsp3) is 0.250. The van der Waals surface area contributed by atoms with Crippen LogP contribution in [0.5, 0.6) is 5.75 Å². The van der Waals surface area contributed by atoms with Gasteiger partial charge in [-0.1, -0.05) is 0 Å². The summed E-state index contributed by atoms with van der Waals surface area (Å²) in [4.78, 5) is 35.5. The van der Waals surface area contributed by atoms with Crippen molar-refractivity contribution >= 4 is 23.3 Å². The van der Waals surface area contributed by atoms with Gasteiger partial charge < -0.3 is 14.4 Å². The molecule has 1 aliphatic heterocycles. The normalized spacial score (nSPS) is 14.6. The molecule has 0 aliphatic carbocycles. The van der Waals surface area contributed by atoms with Gasteiger partial charge in [-0.15, -0.1) is 5.10 Å². The highest BCUT2D eigenvalue weighted by atomic mass is 32.1. The Balaban J connectivity index is 1.75. The maximum Gasteiger partial charge on any atom is 0.280 e. The van der Waals surface area contributed by atoms with Gasteiger partial charge in [-0.3, -0.25) is 14.6 Å². The number of methoxy groups -OCH3 is 1. The summed E-state index contributed by atoms with van der Waals surface area (Å²) in [6.07, 6.45) is 3.02. The third kappa shape index (κ3) is 4.29. The van der Waals surface area contributed by atoms with E-state index in [1.807, 2.05) is 12.1 Å². The minimum absolute atomic E-state index is 0.134. The Kier molecular flexibility index (Phi) is 5.96. The molecule has 0 spiro atoms. The summed E-state index contributed by atoms with van der Waals surface area (Å²) in [5.41, 5.74) is 1.20. The fourth-order valence-electron chi connectivity index (χ4n) is 2.87. The van der Waals surface area contributed by atoms with Gasteiger partial charge in [-0.25, -0.2) is 0 Å². The van der Waals surface area contributed by atoms with E-state index in [0.717, 1.165) is 17.2 Å².